The third-order valence-corrected chi connectivity index (χ3v) is 14.6. The number of fused-ring (bicyclic) bond motifs is 2. The standard InChI is InChI=1S/C37H51NO9/c1-4-38-20-34(47-33(41)24-8-6-5-7-22(24)15-27(40)21-10-13-46-14-11-21)12-9-23(19-39)36-29(34)17-26(31(36)38)35(42)18-28(44-2)25-16-30(36)37(35,43)32(25)45-3/h5-8,21,23,25-26,28-32,39,42-43H,4,9-20H2,1-3H3/t23-,25-,26+,28+,29?,30?,31?,32+,34-,35+,36+,37+/m1/s1. The lowest BCUT2D eigenvalue weighted by atomic mass is 9.42. The largest absolute Gasteiger partial charge is 0.454 e. The molecule has 1 aromatic rings. The number of nitrogens with zero attached hydrogens (tertiary/aromatic N) is 1. The van der Waals surface area contributed by atoms with Crippen molar-refractivity contribution in [2.45, 2.75) is 93.3 Å². The number of aliphatic hydroxyl groups excluding tert-OH is 1. The fourth-order valence-corrected chi connectivity index (χ4v) is 13.0. The second-order valence-electron chi connectivity index (χ2n) is 15.8. The molecule has 258 valence electrons. The van der Waals surface area contributed by atoms with Crippen molar-refractivity contribution < 1.29 is 43.9 Å². The molecule has 5 saturated carbocycles. The van der Waals surface area contributed by atoms with Crippen LogP contribution in [0.1, 0.15) is 67.8 Å². The Kier molecular flexibility index (Phi) is 7.77. The monoisotopic (exact) mass is 653 g/mol. The zero-order valence-electron chi connectivity index (χ0n) is 27.9. The maximum atomic E-state index is 14.4. The highest BCUT2D eigenvalue weighted by atomic mass is 16.6. The molecule has 3 N–H and O–H groups in total. The molecule has 12 atom stereocenters. The molecule has 8 rings (SSSR count). The smallest absolute Gasteiger partial charge is 0.339 e. The molecule has 0 aromatic heterocycles. The maximum absolute atomic E-state index is 14.4. The van der Waals surface area contributed by atoms with Crippen LogP contribution >= 0.6 is 0 Å². The van der Waals surface area contributed by atoms with Crippen LogP contribution in [0.15, 0.2) is 24.3 Å². The summed E-state index contributed by atoms with van der Waals surface area (Å²) in [6.07, 6.45) is 3.52. The highest BCUT2D eigenvalue weighted by molar-refractivity contribution is 5.94. The quantitative estimate of drug-likeness (QED) is 0.341. The Hall–Kier alpha value is -1.92. The molecule has 7 fully saturated rings. The fraction of sp³-hybridized carbons (Fsp3) is 0.784. The Balaban J connectivity index is 1.19. The van der Waals surface area contributed by atoms with Gasteiger partial charge in [-0.15, -0.1) is 0 Å². The van der Waals surface area contributed by atoms with Gasteiger partial charge in [-0.1, -0.05) is 25.1 Å². The van der Waals surface area contributed by atoms with Gasteiger partial charge in [-0.2, -0.15) is 0 Å². The predicted octanol–water partition coefficient (Wildman–Crippen LogP) is 2.39. The van der Waals surface area contributed by atoms with Crippen LogP contribution < -0.4 is 0 Å². The fourth-order valence-electron chi connectivity index (χ4n) is 13.0. The minimum absolute atomic E-state index is 0.0283. The number of likely N-dealkylation sites (N-methyl/N-ethyl adjacent to an activating group) is 1. The number of hydrogen-bond donors (Lipinski definition) is 3. The zero-order chi connectivity index (χ0) is 32.9. The molecular formula is C37H51NO9. The summed E-state index contributed by atoms with van der Waals surface area (Å²) in [4.78, 5) is 30.1. The van der Waals surface area contributed by atoms with E-state index in [1.165, 1.54) is 0 Å². The third kappa shape index (κ3) is 4.04. The highest BCUT2D eigenvalue weighted by Gasteiger charge is 2.88. The van der Waals surface area contributed by atoms with E-state index < -0.39 is 34.3 Å². The van der Waals surface area contributed by atoms with Gasteiger partial charge < -0.3 is 34.3 Å². The number of carbonyl (C=O) groups excluding carboxylic acids is 2. The third-order valence-electron chi connectivity index (χ3n) is 14.6. The number of ketones is 1. The molecule has 7 aliphatic rings. The van der Waals surface area contributed by atoms with Crippen LogP contribution in [0, 0.1) is 40.9 Å². The van der Waals surface area contributed by atoms with E-state index in [0.29, 0.717) is 82.4 Å². The van der Waals surface area contributed by atoms with E-state index in [9.17, 15) is 24.9 Å². The van der Waals surface area contributed by atoms with E-state index in [2.05, 4.69) is 11.8 Å². The summed E-state index contributed by atoms with van der Waals surface area (Å²) in [5, 5.41) is 36.9. The van der Waals surface area contributed by atoms with E-state index in [4.69, 9.17) is 18.9 Å². The molecule has 1 spiro atoms. The van der Waals surface area contributed by atoms with Crippen LogP contribution in [0.4, 0.5) is 0 Å². The molecule has 2 heterocycles. The number of esters is 1. The van der Waals surface area contributed by atoms with E-state index in [-0.39, 0.29) is 66.5 Å². The Morgan fingerprint density at radius 2 is 1.81 bits per heavy atom. The number of rotatable bonds is 9. The van der Waals surface area contributed by atoms with Crippen molar-refractivity contribution in [1.29, 1.82) is 0 Å². The number of likely N-dealkylation sites (tertiary alicyclic amines) is 1. The molecule has 2 aliphatic heterocycles. The summed E-state index contributed by atoms with van der Waals surface area (Å²) in [6, 6.07) is 7.23. The molecule has 5 aliphatic carbocycles. The topological polar surface area (TPSA) is 135 Å². The minimum atomic E-state index is -1.51. The lowest BCUT2D eigenvalue weighted by Crippen LogP contribution is -2.82. The van der Waals surface area contributed by atoms with Gasteiger partial charge in [-0.3, -0.25) is 9.69 Å². The number of piperidine rings is 1. The van der Waals surface area contributed by atoms with Crippen LogP contribution in [0.25, 0.3) is 0 Å². The van der Waals surface area contributed by atoms with Crippen molar-refractivity contribution >= 4 is 11.8 Å². The van der Waals surface area contributed by atoms with Gasteiger partial charge in [0.15, 0.2) is 0 Å². The van der Waals surface area contributed by atoms with Crippen molar-refractivity contribution in [2.75, 3.05) is 47.1 Å². The van der Waals surface area contributed by atoms with Crippen molar-refractivity contribution in [3.05, 3.63) is 35.4 Å². The molecule has 0 radical (unpaired) electrons. The van der Waals surface area contributed by atoms with E-state index >= 15 is 0 Å². The summed E-state index contributed by atoms with van der Waals surface area (Å²) in [5.74, 6) is -1.40. The first kappa shape index (κ1) is 32.3. The lowest BCUT2D eigenvalue weighted by molar-refractivity contribution is -0.333. The number of ether oxygens (including phenoxy) is 4. The van der Waals surface area contributed by atoms with Gasteiger partial charge in [0.25, 0.3) is 0 Å². The van der Waals surface area contributed by atoms with E-state index in [1.807, 2.05) is 18.2 Å². The van der Waals surface area contributed by atoms with Gasteiger partial charge in [-0.25, -0.2) is 4.79 Å². The maximum Gasteiger partial charge on any atom is 0.339 e. The first-order valence-electron chi connectivity index (χ1n) is 17.9. The molecule has 10 nitrogen and oxygen atoms in total. The molecule has 7 bridgehead atoms. The van der Waals surface area contributed by atoms with Crippen LogP contribution in [0.3, 0.4) is 0 Å². The average molecular weight is 654 g/mol. The van der Waals surface area contributed by atoms with Gasteiger partial charge >= 0.3 is 5.97 Å². The SMILES string of the molecule is CCN1C[C@]2(OC(=O)c3ccccc3CC(=O)C3CCOCC3)CC[C@H](CO)[C@]34C1[C@H](CC23)[C@@]1(O)C[C@H](OC)[C@H]2CC4[C@]1(O)[C@H]2OC. The van der Waals surface area contributed by atoms with Crippen molar-refractivity contribution in [3.63, 3.8) is 0 Å². The molecular weight excluding hydrogens is 602 g/mol. The summed E-state index contributed by atoms with van der Waals surface area (Å²) >= 11 is 0. The van der Waals surface area contributed by atoms with E-state index in [1.54, 1.807) is 20.3 Å². The number of Topliss-reactive ketones (excluding diaryl/α,β-unsaturated/α-hetero) is 1. The minimum Gasteiger partial charge on any atom is -0.454 e. The molecule has 2 saturated heterocycles. The zero-order valence-corrected chi connectivity index (χ0v) is 27.9. The summed E-state index contributed by atoms with van der Waals surface area (Å²) in [7, 11) is 3.29. The van der Waals surface area contributed by atoms with Gasteiger partial charge in [-0.05, 0) is 62.6 Å². The lowest BCUT2D eigenvalue weighted by Gasteiger charge is -2.71. The van der Waals surface area contributed by atoms with Gasteiger partial charge in [0, 0.05) is 94.5 Å². The van der Waals surface area contributed by atoms with Crippen molar-refractivity contribution in [3.8, 4) is 0 Å². The van der Waals surface area contributed by atoms with Gasteiger partial charge in [0.1, 0.15) is 22.6 Å². The summed E-state index contributed by atoms with van der Waals surface area (Å²) in [5.41, 5.74) is -3.31. The van der Waals surface area contributed by atoms with Crippen molar-refractivity contribution in [1.82, 2.24) is 4.90 Å². The summed E-state index contributed by atoms with van der Waals surface area (Å²) < 4.78 is 24.3. The number of benzene rings is 1. The second kappa shape index (κ2) is 11.3. The van der Waals surface area contributed by atoms with Crippen LogP contribution in [0.5, 0.6) is 0 Å². The number of aliphatic hydroxyl groups is 3. The molecule has 10 heteroatoms. The van der Waals surface area contributed by atoms with E-state index in [0.717, 1.165) is 0 Å². The van der Waals surface area contributed by atoms with Crippen LogP contribution in [-0.2, 0) is 30.2 Å². The summed E-state index contributed by atoms with van der Waals surface area (Å²) in [6.45, 7) is 4.48. The highest BCUT2D eigenvalue weighted by Crippen LogP contribution is 2.80. The number of carbonyl (C=O) groups is 2. The second-order valence-corrected chi connectivity index (χ2v) is 15.8. The predicted molar refractivity (Wildman–Crippen MR) is 169 cm³/mol. The molecule has 0 amide bonds. The Bertz CT molecular complexity index is 1420. The normalized spacial score (nSPS) is 46.8. The molecule has 47 heavy (non-hydrogen) atoms. The first-order chi connectivity index (χ1) is 22.6. The van der Waals surface area contributed by atoms with Crippen molar-refractivity contribution in [2.24, 2.45) is 40.9 Å². The number of hydrogen-bond acceptors (Lipinski definition) is 10. The van der Waals surface area contributed by atoms with Gasteiger partial charge in [0.05, 0.1) is 17.8 Å². The Labute approximate surface area is 277 Å². The average Bonchev–Trinajstić information content (AvgIpc) is 3.51. The Morgan fingerprint density at radius 3 is 2.51 bits per heavy atom. The molecule has 3 unspecified atom stereocenters. The van der Waals surface area contributed by atoms with Crippen LogP contribution in [0.2, 0.25) is 0 Å². The number of methoxy groups -OCH3 is 2. The van der Waals surface area contributed by atoms with Gasteiger partial charge in [0.2, 0.25) is 0 Å². The molecule has 1 aromatic carbocycles. The first-order valence-corrected chi connectivity index (χ1v) is 17.9. The van der Waals surface area contributed by atoms with Crippen LogP contribution in [-0.4, -0.2) is 114 Å². The Morgan fingerprint density at radius 1 is 1.04 bits per heavy atom.